The summed E-state index contributed by atoms with van der Waals surface area (Å²) in [6.07, 6.45) is 3.58. The Balaban J connectivity index is 1.37. The molecule has 1 aliphatic rings. The first-order valence-corrected chi connectivity index (χ1v) is 12.6. The van der Waals surface area contributed by atoms with E-state index >= 15 is 0 Å². The first-order valence-electron chi connectivity index (χ1n) is 11.1. The number of nitrogens with one attached hydrogen (secondary N) is 1. The third kappa shape index (κ3) is 4.86. The van der Waals surface area contributed by atoms with E-state index in [1.165, 1.54) is 6.07 Å². The second kappa shape index (κ2) is 9.42. The van der Waals surface area contributed by atoms with Crippen molar-refractivity contribution in [2.24, 2.45) is 11.8 Å². The Morgan fingerprint density at radius 3 is 2.62 bits per heavy atom. The molecule has 1 amide bonds. The van der Waals surface area contributed by atoms with Crippen LogP contribution < -0.4 is 5.32 Å². The SMILES string of the molecule is CC1CC(C)CN(S(=O)(=O)c2cccc(C(=O)NCCCn3cnc4ccccc43)c2)C1. The summed E-state index contributed by atoms with van der Waals surface area (Å²) in [5.41, 5.74) is 2.38. The number of carbonyl (C=O) groups is 1. The average molecular weight is 455 g/mol. The zero-order chi connectivity index (χ0) is 22.7. The lowest BCUT2D eigenvalue weighted by molar-refractivity contribution is 0.0952. The van der Waals surface area contributed by atoms with Crippen LogP contribution in [0.1, 0.15) is 37.0 Å². The third-order valence-corrected chi connectivity index (χ3v) is 7.79. The van der Waals surface area contributed by atoms with Gasteiger partial charge >= 0.3 is 0 Å². The molecule has 2 unspecified atom stereocenters. The summed E-state index contributed by atoms with van der Waals surface area (Å²) in [7, 11) is -3.62. The number of benzene rings is 2. The number of rotatable bonds is 7. The van der Waals surface area contributed by atoms with Gasteiger partial charge in [0.05, 0.1) is 22.3 Å². The van der Waals surface area contributed by atoms with E-state index in [0.29, 0.717) is 37.0 Å². The molecule has 0 aliphatic carbocycles. The Hall–Kier alpha value is -2.71. The predicted molar refractivity (Wildman–Crippen MR) is 125 cm³/mol. The molecule has 3 aromatic rings. The van der Waals surface area contributed by atoms with Gasteiger partial charge in [-0.3, -0.25) is 4.79 Å². The molecule has 170 valence electrons. The minimum absolute atomic E-state index is 0.177. The maximum Gasteiger partial charge on any atom is 0.251 e. The highest BCUT2D eigenvalue weighted by atomic mass is 32.2. The van der Waals surface area contributed by atoms with E-state index < -0.39 is 10.0 Å². The number of para-hydroxylation sites is 2. The van der Waals surface area contributed by atoms with E-state index in [1.54, 1.807) is 22.5 Å². The average Bonchev–Trinajstić information content (AvgIpc) is 3.19. The van der Waals surface area contributed by atoms with Gasteiger partial charge in [0.1, 0.15) is 0 Å². The first-order chi connectivity index (χ1) is 15.3. The number of imidazole rings is 1. The van der Waals surface area contributed by atoms with E-state index in [2.05, 4.69) is 28.7 Å². The number of carbonyl (C=O) groups excluding carboxylic acids is 1. The number of amides is 1. The molecule has 0 spiro atoms. The molecule has 0 saturated carbocycles. The van der Waals surface area contributed by atoms with Crippen molar-refractivity contribution in [1.82, 2.24) is 19.2 Å². The molecule has 8 heteroatoms. The Labute approximate surface area is 189 Å². The van der Waals surface area contributed by atoms with E-state index in [-0.39, 0.29) is 10.8 Å². The lowest BCUT2D eigenvalue weighted by Gasteiger charge is -2.34. The number of sulfonamides is 1. The van der Waals surface area contributed by atoms with Crippen molar-refractivity contribution < 1.29 is 13.2 Å². The van der Waals surface area contributed by atoms with Crippen LogP contribution in [0.3, 0.4) is 0 Å². The largest absolute Gasteiger partial charge is 0.352 e. The second-order valence-electron chi connectivity index (χ2n) is 8.83. The molecular formula is C24H30N4O3S. The van der Waals surface area contributed by atoms with Gasteiger partial charge in [-0.1, -0.05) is 32.0 Å². The van der Waals surface area contributed by atoms with Gasteiger partial charge in [0, 0.05) is 31.7 Å². The highest BCUT2D eigenvalue weighted by Gasteiger charge is 2.31. The number of fused-ring (bicyclic) bond motifs is 1. The van der Waals surface area contributed by atoms with Gasteiger partial charge in [0.25, 0.3) is 5.91 Å². The topological polar surface area (TPSA) is 84.3 Å². The Morgan fingerprint density at radius 1 is 1.09 bits per heavy atom. The van der Waals surface area contributed by atoms with E-state index in [9.17, 15) is 13.2 Å². The normalized spacial score (nSPS) is 19.8. The predicted octanol–water partition coefficient (Wildman–Crippen LogP) is 3.52. The van der Waals surface area contributed by atoms with Crippen molar-refractivity contribution in [2.75, 3.05) is 19.6 Å². The molecule has 1 fully saturated rings. The van der Waals surface area contributed by atoms with E-state index in [0.717, 1.165) is 30.4 Å². The summed E-state index contributed by atoms with van der Waals surface area (Å²) >= 11 is 0. The summed E-state index contributed by atoms with van der Waals surface area (Å²) in [6.45, 7) is 6.42. The van der Waals surface area contributed by atoms with Crippen LogP contribution in [-0.4, -0.2) is 47.8 Å². The number of hydrogen-bond donors (Lipinski definition) is 1. The van der Waals surface area contributed by atoms with Crippen molar-refractivity contribution in [2.45, 2.75) is 38.1 Å². The number of nitrogens with zero attached hydrogens (tertiary/aromatic N) is 3. The summed E-state index contributed by atoms with van der Waals surface area (Å²) in [5, 5.41) is 2.90. The molecule has 7 nitrogen and oxygen atoms in total. The highest BCUT2D eigenvalue weighted by molar-refractivity contribution is 7.89. The van der Waals surface area contributed by atoms with Crippen LogP contribution in [0.4, 0.5) is 0 Å². The van der Waals surface area contributed by atoms with Crippen LogP contribution in [0, 0.1) is 11.8 Å². The Bertz CT molecular complexity index is 1190. The van der Waals surface area contributed by atoms with Crippen LogP contribution in [-0.2, 0) is 16.6 Å². The fraction of sp³-hybridized carbons (Fsp3) is 0.417. The molecule has 0 bridgehead atoms. The maximum atomic E-state index is 13.1. The van der Waals surface area contributed by atoms with Crippen molar-refractivity contribution in [1.29, 1.82) is 0 Å². The molecule has 1 aliphatic heterocycles. The molecule has 1 saturated heterocycles. The number of aryl methyl sites for hydroxylation is 1. The van der Waals surface area contributed by atoms with Crippen molar-refractivity contribution >= 4 is 27.0 Å². The monoisotopic (exact) mass is 454 g/mol. The Kier molecular flexibility index (Phi) is 6.62. The molecule has 1 aromatic heterocycles. The van der Waals surface area contributed by atoms with Gasteiger partial charge in [-0.25, -0.2) is 13.4 Å². The molecule has 2 aromatic carbocycles. The van der Waals surface area contributed by atoms with Crippen LogP contribution in [0.15, 0.2) is 59.8 Å². The fourth-order valence-corrected chi connectivity index (χ4v) is 6.22. The first kappa shape index (κ1) is 22.5. The minimum atomic E-state index is -3.62. The highest BCUT2D eigenvalue weighted by Crippen LogP contribution is 2.27. The zero-order valence-electron chi connectivity index (χ0n) is 18.6. The molecule has 2 atom stereocenters. The maximum absolute atomic E-state index is 13.1. The van der Waals surface area contributed by atoms with Crippen LogP contribution in [0.25, 0.3) is 11.0 Å². The number of hydrogen-bond acceptors (Lipinski definition) is 4. The fourth-order valence-electron chi connectivity index (χ4n) is 4.49. The van der Waals surface area contributed by atoms with Crippen LogP contribution in [0.2, 0.25) is 0 Å². The van der Waals surface area contributed by atoms with Crippen molar-refractivity contribution in [3.8, 4) is 0 Å². The number of aromatic nitrogens is 2. The molecule has 32 heavy (non-hydrogen) atoms. The van der Waals surface area contributed by atoms with Crippen LogP contribution >= 0.6 is 0 Å². The van der Waals surface area contributed by atoms with E-state index in [4.69, 9.17) is 0 Å². The zero-order valence-corrected chi connectivity index (χ0v) is 19.4. The number of piperidine rings is 1. The molecule has 1 N–H and O–H groups in total. The third-order valence-electron chi connectivity index (χ3n) is 5.96. The summed E-state index contributed by atoms with van der Waals surface area (Å²) in [6, 6.07) is 14.3. The molecule has 2 heterocycles. The van der Waals surface area contributed by atoms with Crippen molar-refractivity contribution in [3.63, 3.8) is 0 Å². The summed E-state index contributed by atoms with van der Waals surface area (Å²) < 4.78 is 29.9. The van der Waals surface area contributed by atoms with Crippen molar-refractivity contribution in [3.05, 3.63) is 60.4 Å². The Morgan fingerprint density at radius 2 is 1.84 bits per heavy atom. The molecule has 4 rings (SSSR count). The van der Waals surface area contributed by atoms with Crippen LogP contribution in [0.5, 0.6) is 0 Å². The van der Waals surface area contributed by atoms with Gasteiger partial charge in [-0.2, -0.15) is 4.31 Å². The summed E-state index contributed by atoms with van der Waals surface area (Å²) in [4.78, 5) is 17.2. The minimum Gasteiger partial charge on any atom is -0.352 e. The van der Waals surface area contributed by atoms with Gasteiger partial charge < -0.3 is 9.88 Å². The van der Waals surface area contributed by atoms with Gasteiger partial charge in [-0.05, 0) is 55.0 Å². The van der Waals surface area contributed by atoms with Gasteiger partial charge in [-0.15, -0.1) is 0 Å². The molecule has 0 radical (unpaired) electrons. The lowest BCUT2D eigenvalue weighted by atomic mass is 9.94. The van der Waals surface area contributed by atoms with Gasteiger partial charge in [0.15, 0.2) is 0 Å². The van der Waals surface area contributed by atoms with E-state index in [1.807, 2.05) is 30.6 Å². The molecular weight excluding hydrogens is 424 g/mol. The van der Waals surface area contributed by atoms with Gasteiger partial charge in [0.2, 0.25) is 10.0 Å². The smallest absolute Gasteiger partial charge is 0.251 e. The second-order valence-corrected chi connectivity index (χ2v) is 10.8. The quantitative estimate of drug-likeness (QED) is 0.554. The standard InChI is InChI=1S/C24H30N4O3S/c1-18-13-19(2)16-28(15-18)32(30,31)21-8-5-7-20(14-21)24(29)25-11-6-12-27-17-26-22-9-3-4-10-23(22)27/h3-5,7-10,14,17-19H,6,11-13,15-16H2,1-2H3,(H,25,29). The lowest BCUT2D eigenvalue weighted by Crippen LogP contribution is -2.42. The summed E-state index contributed by atoms with van der Waals surface area (Å²) in [5.74, 6) is 0.387.